The van der Waals surface area contributed by atoms with Crippen LogP contribution in [0.4, 0.5) is 0 Å². The zero-order valence-electron chi connectivity index (χ0n) is 7.27. The summed E-state index contributed by atoms with van der Waals surface area (Å²) in [5, 5.41) is 10.8. The van der Waals surface area contributed by atoms with Crippen LogP contribution in [0.3, 0.4) is 0 Å². The number of amides is 1. The lowest BCUT2D eigenvalue weighted by Gasteiger charge is -2.17. The SMILES string of the molecule is CC(C)(C)CNC(=O)CC#N. The van der Waals surface area contributed by atoms with E-state index in [2.05, 4.69) is 5.32 Å². The van der Waals surface area contributed by atoms with Crippen LogP contribution in [-0.4, -0.2) is 12.5 Å². The maximum Gasteiger partial charge on any atom is 0.234 e. The molecule has 0 bridgehead atoms. The molecule has 0 saturated heterocycles. The van der Waals surface area contributed by atoms with Crippen molar-refractivity contribution in [3.8, 4) is 6.07 Å². The second kappa shape index (κ2) is 3.97. The maximum absolute atomic E-state index is 10.8. The highest BCUT2D eigenvalue weighted by Gasteiger charge is 2.10. The second-order valence-electron chi connectivity index (χ2n) is 3.67. The molecule has 1 N–H and O–H groups in total. The highest BCUT2D eigenvalue weighted by atomic mass is 16.1. The van der Waals surface area contributed by atoms with Crippen molar-refractivity contribution in [2.45, 2.75) is 27.2 Å². The molecule has 0 aliphatic heterocycles. The Bertz CT molecular complexity index is 174. The molecule has 1 amide bonds. The molecule has 0 rings (SSSR count). The number of rotatable bonds is 2. The van der Waals surface area contributed by atoms with Gasteiger partial charge in [-0.05, 0) is 5.41 Å². The van der Waals surface area contributed by atoms with Crippen LogP contribution in [0.5, 0.6) is 0 Å². The lowest BCUT2D eigenvalue weighted by Crippen LogP contribution is -2.31. The number of nitriles is 1. The van der Waals surface area contributed by atoms with Gasteiger partial charge >= 0.3 is 0 Å². The van der Waals surface area contributed by atoms with Crippen molar-refractivity contribution in [3.05, 3.63) is 0 Å². The minimum Gasteiger partial charge on any atom is -0.355 e. The topological polar surface area (TPSA) is 52.9 Å². The Kier molecular flexibility index (Phi) is 3.59. The fraction of sp³-hybridized carbons (Fsp3) is 0.750. The van der Waals surface area contributed by atoms with Crippen molar-refractivity contribution >= 4 is 5.91 Å². The number of carbonyl (C=O) groups is 1. The van der Waals surface area contributed by atoms with Crippen LogP contribution < -0.4 is 5.32 Å². The van der Waals surface area contributed by atoms with Crippen LogP contribution in [-0.2, 0) is 4.79 Å². The molecule has 0 fully saturated rings. The van der Waals surface area contributed by atoms with E-state index < -0.39 is 0 Å². The smallest absolute Gasteiger partial charge is 0.234 e. The fourth-order valence-electron chi connectivity index (χ4n) is 0.498. The summed E-state index contributed by atoms with van der Waals surface area (Å²) in [6.07, 6.45) is -0.0456. The molecule has 0 aliphatic rings. The van der Waals surface area contributed by atoms with Crippen LogP contribution in [0.2, 0.25) is 0 Å². The number of carbonyl (C=O) groups excluding carboxylic acids is 1. The quantitative estimate of drug-likeness (QED) is 0.646. The molecule has 0 unspecified atom stereocenters. The average Bonchev–Trinajstić information content (AvgIpc) is 1.83. The first kappa shape index (κ1) is 9.96. The van der Waals surface area contributed by atoms with E-state index in [9.17, 15) is 4.79 Å². The summed E-state index contributed by atoms with van der Waals surface area (Å²) in [5.41, 5.74) is 0.0884. The predicted molar refractivity (Wildman–Crippen MR) is 42.7 cm³/mol. The Hall–Kier alpha value is -1.04. The Morgan fingerprint density at radius 1 is 1.55 bits per heavy atom. The third-order valence-electron chi connectivity index (χ3n) is 1.06. The largest absolute Gasteiger partial charge is 0.355 e. The van der Waals surface area contributed by atoms with Crippen molar-refractivity contribution < 1.29 is 4.79 Å². The fourth-order valence-corrected chi connectivity index (χ4v) is 0.498. The highest BCUT2D eigenvalue weighted by Crippen LogP contribution is 2.09. The minimum atomic E-state index is -0.192. The molecule has 0 saturated carbocycles. The molecular weight excluding hydrogens is 140 g/mol. The van der Waals surface area contributed by atoms with E-state index >= 15 is 0 Å². The molecule has 0 heterocycles. The van der Waals surface area contributed by atoms with E-state index in [-0.39, 0.29) is 17.7 Å². The summed E-state index contributed by atoms with van der Waals surface area (Å²) in [5.74, 6) is -0.192. The zero-order valence-corrected chi connectivity index (χ0v) is 7.27. The van der Waals surface area contributed by atoms with Gasteiger partial charge < -0.3 is 5.32 Å². The van der Waals surface area contributed by atoms with Crippen LogP contribution in [0, 0.1) is 16.7 Å². The van der Waals surface area contributed by atoms with E-state index in [0.29, 0.717) is 6.54 Å². The van der Waals surface area contributed by atoms with Crippen LogP contribution in [0.1, 0.15) is 27.2 Å². The summed E-state index contributed by atoms with van der Waals surface area (Å²) in [7, 11) is 0. The summed E-state index contributed by atoms with van der Waals surface area (Å²) in [4.78, 5) is 10.8. The molecular formula is C8H14N2O. The van der Waals surface area contributed by atoms with Gasteiger partial charge in [-0.2, -0.15) is 5.26 Å². The van der Waals surface area contributed by atoms with E-state index in [1.165, 1.54) is 0 Å². The van der Waals surface area contributed by atoms with E-state index in [4.69, 9.17) is 5.26 Å². The first-order valence-electron chi connectivity index (χ1n) is 3.59. The Morgan fingerprint density at radius 2 is 2.09 bits per heavy atom. The molecule has 62 valence electrons. The van der Waals surface area contributed by atoms with Crippen molar-refractivity contribution in [3.63, 3.8) is 0 Å². The van der Waals surface area contributed by atoms with Crippen molar-refractivity contribution in [1.29, 1.82) is 5.26 Å². The van der Waals surface area contributed by atoms with Gasteiger partial charge in [-0.3, -0.25) is 4.79 Å². The summed E-state index contributed by atoms with van der Waals surface area (Å²) >= 11 is 0. The third-order valence-corrected chi connectivity index (χ3v) is 1.06. The Morgan fingerprint density at radius 3 is 2.45 bits per heavy atom. The number of hydrogen-bond donors (Lipinski definition) is 1. The minimum absolute atomic E-state index is 0.0456. The van der Waals surface area contributed by atoms with Crippen LogP contribution >= 0.6 is 0 Å². The summed E-state index contributed by atoms with van der Waals surface area (Å²) in [6.45, 7) is 6.70. The van der Waals surface area contributed by atoms with E-state index in [1.807, 2.05) is 20.8 Å². The van der Waals surface area contributed by atoms with E-state index in [1.54, 1.807) is 6.07 Å². The van der Waals surface area contributed by atoms with Crippen molar-refractivity contribution in [1.82, 2.24) is 5.32 Å². The predicted octanol–water partition coefficient (Wildman–Crippen LogP) is 1.06. The molecule has 0 radical (unpaired) electrons. The lowest BCUT2D eigenvalue weighted by atomic mass is 9.97. The monoisotopic (exact) mass is 154 g/mol. The summed E-state index contributed by atoms with van der Waals surface area (Å²) in [6, 6.07) is 1.79. The molecule has 3 heteroatoms. The molecule has 0 spiro atoms. The van der Waals surface area contributed by atoms with Gasteiger partial charge in [-0.1, -0.05) is 20.8 Å². The average molecular weight is 154 g/mol. The van der Waals surface area contributed by atoms with Crippen LogP contribution in [0.25, 0.3) is 0 Å². The first-order valence-corrected chi connectivity index (χ1v) is 3.59. The van der Waals surface area contributed by atoms with Crippen LogP contribution in [0.15, 0.2) is 0 Å². The molecule has 11 heavy (non-hydrogen) atoms. The number of hydrogen-bond acceptors (Lipinski definition) is 2. The molecule has 0 aromatic rings. The number of nitrogens with zero attached hydrogens (tertiary/aromatic N) is 1. The normalized spacial score (nSPS) is 10.4. The molecule has 3 nitrogen and oxygen atoms in total. The van der Waals surface area contributed by atoms with Gasteiger partial charge in [0.25, 0.3) is 0 Å². The van der Waals surface area contributed by atoms with Crippen molar-refractivity contribution in [2.24, 2.45) is 5.41 Å². The van der Waals surface area contributed by atoms with Gasteiger partial charge in [0.2, 0.25) is 5.91 Å². The van der Waals surface area contributed by atoms with E-state index in [0.717, 1.165) is 0 Å². The standard InChI is InChI=1S/C8H14N2O/c1-8(2,3)6-10-7(11)4-5-9/h4,6H2,1-3H3,(H,10,11). The third kappa shape index (κ3) is 6.85. The van der Waals surface area contributed by atoms with Gasteiger partial charge in [0.15, 0.2) is 0 Å². The van der Waals surface area contributed by atoms with Gasteiger partial charge in [-0.15, -0.1) is 0 Å². The van der Waals surface area contributed by atoms with Crippen molar-refractivity contribution in [2.75, 3.05) is 6.54 Å². The van der Waals surface area contributed by atoms with Gasteiger partial charge in [0, 0.05) is 6.54 Å². The molecule has 0 atom stereocenters. The first-order chi connectivity index (χ1) is 4.95. The zero-order chi connectivity index (χ0) is 8.91. The lowest BCUT2D eigenvalue weighted by molar-refractivity contribution is -0.120. The summed E-state index contributed by atoms with van der Waals surface area (Å²) < 4.78 is 0. The molecule has 0 aromatic carbocycles. The Labute approximate surface area is 67.4 Å². The van der Waals surface area contributed by atoms with Gasteiger partial charge in [-0.25, -0.2) is 0 Å². The van der Waals surface area contributed by atoms with Gasteiger partial charge in [0.05, 0.1) is 6.07 Å². The Balaban J connectivity index is 3.57. The van der Waals surface area contributed by atoms with Gasteiger partial charge in [0.1, 0.15) is 6.42 Å². The maximum atomic E-state index is 10.8. The second-order valence-corrected chi connectivity index (χ2v) is 3.67. The highest BCUT2D eigenvalue weighted by molar-refractivity contribution is 5.77. The molecule has 0 aromatic heterocycles. The number of nitrogens with one attached hydrogen (secondary N) is 1. The molecule has 0 aliphatic carbocycles.